The lowest BCUT2D eigenvalue weighted by Gasteiger charge is -2.13. The van der Waals surface area contributed by atoms with Crippen molar-refractivity contribution in [1.29, 1.82) is 0 Å². The standard InChI is InChI=1S/C13H17ClN2O3/c1-4-5-15-8-13(17)16-10-6-9(14)11(18-2)7-12(10)19-3/h4,6-7,15H,1,5,8H2,2-3H3,(H,16,17). The molecule has 5 nitrogen and oxygen atoms in total. The maximum absolute atomic E-state index is 11.7. The normalized spacial score (nSPS) is 9.84. The molecule has 1 amide bonds. The Morgan fingerprint density at radius 2 is 2.05 bits per heavy atom. The maximum Gasteiger partial charge on any atom is 0.238 e. The summed E-state index contributed by atoms with van der Waals surface area (Å²) < 4.78 is 10.3. The Labute approximate surface area is 117 Å². The predicted molar refractivity (Wildman–Crippen MR) is 76.3 cm³/mol. The van der Waals surface area contributed by atoms with Crippen molar-refractivity contribution in [3.05, 3.63) is 29.8 Å². The molecule has 0 radical (unpaired) electrons. The summed E-state index contributed by atoms with van der Waals surface area (Å²) in [5.74, 6) is 0.779. The number of rotatable bonds is 7. The number of nitrogens with one attached hydrogen (secondary N) is 2. The Hall–Kier alpha value is -1.72. The zero-order chi connectivity index (χ0) is 14.3. The summed E-state index contributed by atoms with van der Waals surface area (Å²) in [6.45, 7) is 4.30. The fraction of sp³-hybridized carbons (Fsp3) is 0.308. The first-order valence-corrected chi connectivity index (χ1v) is 6.03. The van der Waals surface area contributed by atoms with Crippen molar-refractivity contribution in [2.24, 2.45) is 0 Å². The van der Waals surface area contributed by atoms with Crippen LogP contribution in [0.15, 0.2) is 24.8 Å². The van der Waals surface area contributed by atoms with Gasteiger partial charge >= 0.3 is 0 Å². The monoisotopic (exact) mass is 284 g/mol. The molecule has 0 aliphatic heterocycles. The average Bonchev–Trinajstić information content (AvgIpc) is 2.39. The molecule has 0 aliphatic rings. The fourth-order valence-corrected chi connectivity index (χ4v) is 1.68. The molecule has 0 unspecified atom stereocenters. The van der Waals surface area contributed by atoms with E-state index in [0.717, 1.165) is 0 Å². The quantitative estimate of drug-likeness (QED) is 0.594. The van der Waals surface area contributed by atoms with E-state index in [4.69, 9.17) is 21.1 Å². The second kappa shape index (κ2) is 7.66. The number of halogens is 1. The molecule has 1 aromatic carbocycles. The van der Waals surface area contributed by atoms with Crippen LogP contribution in [0.1, 0.15) is 0 Å². The highest BCUT2D eigenvalue weighted by atomic mass is 35.5. The lowest BCUT2D eigenvalue weighted by atomic mass is 10.2. The fourth-order valence-electron chi connectivity index (χ4n) is 1.44. The zero-order valence-electron chi connectivity index (χ0n) is 11.0. The van der Waals surface area contributed by atoms with E-state index >= 15 is 0 Å². The molecular weight excluding hydrogens is 268 g/mol. The van der Waals surface area contributed by atoms with Crippen LogP contribution < -0.4 is 20.1 Å². The molecule has 1 rings (SSSR count). The molecule has 2 N–H and O–H groups in total. The highest BCUT2D eigenvalue weighted by Crippen LogP contribution is 2.35. The third-order valence-corrected chi connectivity index (χ3v) is 2.62. The minimum Gasteiger partial charge on any atom is -0.495 e. The number of methoxy groups -OCH3 is 2. The summed E-state index contributed by atoms with van der Waals surface area (Å²) in [5, 5.41) is 6.01. The van der Waals surface area contributed by atoms with Gasteiger partial charge in [0.25, 0.3) is 0 Å². The van der Waals surface area contributed by atoms with Crippen molar-refractivity contribution < 1.29 is 14.3 Å². The number of hydrogen-bond acceptors (Lipinski definition) is 4. The number of benzene rings is 1. The van der Waals surface area contributed by atoms with E-state index in [0.29, 0.717) is 28.8 Å². The van der Waals surface area contributed by atoms with Crippen LogP contribution in [0.3, 0.4) is 0 Å². The van der Waals surface area contributed by atoms with E-state index in [2.05, 4.69) is 17.2 Å². The van der Waals surface area contributed by atoms with Gasteiger partial charge in [-0.05, 0) is 6.07 Å². The van der Waals surface area contributed by atoms with E-state index in [-0.39, 0.29) is 12.5 Å². The second-order valence-electron chi connectivity index (χ2n) is 3.65. The lowest BCUT2D eigenvalue weighted by molar-refractivity contribution is -0.115. The van der Waals surface area contributed by atoms with Gasteiger partial charge in [0.15, 0.2) is 0 Å². The predicted octanol–water partition coefficient (Wildman–Crippen LogP) is 2.07. The van der Waals surface area contributed by atoms with Gasteiger partial charge in [0.1, 0.15) is 11.5 Å². The van der Waals surface area contributed by atoms with Crippen molar-refractivity contribution >= 4 is 23.2 Å². The molecule has 0 aliphatic carbocycles. The molecule has 0 bridgehead atoms. The van der Waals surface area contributed by atoms with Crippen LogP contribution in [0, 0.1) is 0 Å². The van der Waals surface area contributed by atoms with Crippen LogP contribution in [0.2, 0.25) is 5.02 Å². The molecule has 0 atom stereocenters. The highest BCUT2D eigenvalue weighted by Gasteiger charge is 2.12. The molecule has 6 heteroatoms. The molecule has 0 saturated heterocycles. The van der Waals surface area contributed by atoms with Gasteiger partial charge in [-0.3, -0.25) is 4.79 Å². The van der Waals surface area contributed by atoms with Crippen molar-refractivity contribution in [3.63, 3.8) is 0 Å². The number of ether oxygens (including phenoxy) is 2. The van der Waals surface area contributed by atoms with Gasteiger partial charge in [-0.15, -0.1) is 6.58 Å². The third kappa shape index (κ3) is 4.46. The first kappa shape index (κ1) is 15.3. The minimum atomic E-state index is -0.193. The Bertz CT molecular complexity index is 463. The van der Waals surface area contributed by atoms with E-state index in [1.54, 1.807) is 18.2 Å². The summed E-state index contributed by atoms with van der Waals surface area (Å²) in [5.41, 5.74) is 0.499. The van der Waals surface area contributed by atoms with E-state index in [9.17, 15) is 4.79 Å². The molecule has 104 valence electrons. The molecule has 1 aromatic rings. The molecular formula is C13H17ClN2O3. The summed E-state index contributed by atoms with van der Waals surface area (Å²) in [6.07, 6.45) is 1.68. The van der Waals surface area contributed by atoms with Crippen LogP contribution in [0.5, 0.6) is 11.5 Å². The van der Waals surface area contributed by atoms with Gasteiger partial charge in [-0.25, -0.2) is 0 Å². The van der Waals surface area contributed by atoms with Crippen molar-refractivity contribution in [3.8, 4) is 11.5 Å². The van der Waals surface area contributed by atoms with E-state index in [1.807, 2.05) is 0 Å². The third-order valence-electron chi connectivity index (χ3n) is 2.32. The zero-order valence-corrected chi connectivity index (χ0v) is 11.7. The van der Waals surface area contributed by atoms with Gasteiger partial charge < -0.3 is 20.1 Å². The summed E-state index contributed by atoms with van der Waals surface area (Å²) in [4.78, 5) is 11.7. The van der Waals surface area contributed by atoms with Crippen molar-refractivity contribution in [2.75, 3.05) is 32.6 Å². The molecule has 19 heavy (non-hydrogen) atoms. The molecule has 0 saturated carbocycles. The van der Waals surface area contributed by atoms with Crippen LogP contribution in [-0.2, 0) is 4.79 Å². The van der Waals surface area contributed by atoms with E-state index < -0.39 is 0 Å². The Kier molecular flexibility index (Phi) is 6.18. The Morgan fingerprint density at radius 1 is 1.37 bits per heavy atom. The molecule has 0 spiro atoms. The number of anilines is 1. The van der Waals surface area contributed by atoms with Crippen molar-refractivity contribution in [2.45, 2.75) is 0 Å². The first-order chi connectivity index (χ1) is 9.12. The number of hydrogen-bond donors (Lipinski definition) is 2. The Morgan fingerprint density at radius 3 is 2.63 bits per heavy atom. The maximum atomic E-state index is 11.7. The van der Waals surface area contributed by atoms with E-state index in [1.165, 1.54) is 14.2 Å². The summed E-state index contributed by atoms with van der Waals surface area (Å²) >= 11 is 6.01. The minimum absolute atomic E-state index is 0.179. The summed E-state index contributed by atoms with van der Waals surface area (Å²) in [6, 6.07) is 3.21. The first-order valence-electron chi connectivity index (χ1n) is 5.65. The topological polar surface area (TPSA) is 59.6 Å². The Balaban J connectivity index is 2.79. The lowest BCUT2D eigenvalue weighted by Crippen LogP contribution is -2.28. The second-order valence-corrected chi connectivity index (χ2v) is 4.06. The van der Waals surface area contributed by atoms with Crippen molar-refractivity contribution in [1.82, 2.24) is 5.32 Å². The number of amides is 1. The number of carbonyl (C=O) groups is 1. The van der Waals surface area contributed by atoms with Gasteiger partial charge in [-0.1, -0.05) is 17.7 Å². The molecule has 0 heterocycles. The van der Waals surface area contributed by atoms with Gasteiger partial charge in [-0.2, -0.15) is 0 Å². The van der Waals surface area contributed by atoms with Crippen LogP contribution in [0.4, 0.5) is 5.69 Å². The number of carbonyl (C=O) groups excluding carboxylic acids is 1. The van der Waals surface area contributed by atoms with Gasteiger partial charge in [0.05, 0.1) is 31.5 Å². The van der Waals surface area contributed by atoms with Gasteiger partial charge in [0, 0.05) is 12.6 Å². The average molecular weight is 285 g/mol. The van der Waals surface area contributed by atoms with Crippen LogP contribution >= 0.6 is 11.6 Å². The molecule has 0 fully saturated rings. The van der Waals surface area contributed by atoms with Gasteiger partial charge in [0.2, 0.25) is 5.91 Å². The largest absolute Gasteiger partial charge is 0.495 e. The SMILES string of the molecule is C=CCNCC(=O)Nc1cc(Cl)c(OC)cc1OC. The van der Waals surface area contributed by atoms with Crippen LogP contribution in [-0.4, -0.2) is 33.2 Å². The molecule has 0 aromatic heterocycles. The van der Waals surface area contributed by atoms with Crippen LogP contribution in [0.25, 0.3) is 0 Å². The highest BCUT2D eigenvalue weighted by molar-refractivity contribution is 6.32. The summed E-state index contributed by atoms with van der Waals surface area (Å²) in [7, 11) is 3.02. The smallest absolute Gasteiger partial charge is 0.238 e.